The SMILES string of the molecule is CCCCC(CC)C(=O)N(Cc1ccsc1)C1CC12CCNCC2. The molecule has 3 rings (SSSR count). The molecule has 1 N–H and O–H groups in total. The van der Waals surface area contributed by atoms with Crippen LogP contribution in [0.5, 0.6) is 0 Å². The van der Waals surface area contributed by atoms with Crippen molar-refractivity contribution in [3.63, 3.8) is 0 Å². The number of unbranched alkanes of at least 4 members (excludes halogenated alkanes) is 1. The minimum Gasteiger partial charge on any atom is -0.335 e. The minimum absolute atomic E-state index is 0.211. The summed E-state index contributed by atoms with van der Waals surface area (Å²) in [5.41, 5.74) is 1.72. The van der Waals surface area contributed by atoms with E-state index in [1.807, 2.05) is 0 Å². The van der Waals surface area contributed by atoms with Gasteiger partial charge in [0.2, 0.25) is 5.91 Å². The molecular formula is C20H32N2OS. The summed E-state index contributed by atoms with van der Waals surface area (Å²) in [5.74, 6) is 0.625. The zero-order valence-corrected chi connectivity index (χ0v) is 16.0. The topological polar surface area (TPSA) is 32.3 Å². The summed E-state index contributed by atoms with van der Waals surface area (Å²) < 4.78 is 0. The number of amides is 1. The van der Waals surface area contributed by atoms with Crippen molar-refractivity contribution in [1.29, 1.82) is 0 Å². The fourth-order valence-electron chi connectivity index (χ4n) is 4.34. The average molecular weight is 349 g/mol. The molecule has 2 fully saturated rings. The predicted octanol–water partition coefficient (Wildman–Crippen LogP) is 4.44. The first-order valence-electron chi connectivity index (χ1n) is 9.72. The van der Waals surface area contributed by atoms with Crippen LogP contribution in [0.15, 0.2) is 16.8 Å². The minimum atomic E-state index is 0.211. The molecule has 0 aromatic carbocycles. The molecule has 2 unspecified atom stereocenters. The van der Waals surface area contributed by atoms with Crippen LogP contribution in [-0.4, -0.2) is 29.9 Å². The monoisotopic (exact) mass is 348 g/mol. The van der Waals surface area contributed by atoms with Crippen molar-refractivity contribution < 1.29 is 4.79 Å². The van der Waals surface area contributed by atoms with E-state index < -0.39 is 0 Å². The number of rotatable bonds is 8. The van der Waals surface area contributed by atoms with Crippen LogP contribution >= 0.6 is 11.3 Å². The second kappa shape index (κ2) is 8.01. The fraction of sp³-hybridized carbons (Fsp3) is 0.750. The molecule has 3 nitrogen and oxygen atoms in total. The summed E-state index contributed by atoms with van der Waals surface area (Å²) in [6.07, 6.45) is 8.04. The van der Waals surface area contributed by atoms with Gasteiger partial charge in [-0.2, -0.15) is 11.3 Å². The smallest absolute Gasteiger partial charge is 0.226 e. The lowest BCUT2D eigenvalue weighted by Crippen LogP contribution is -2.41. The van der Waals surface area contributed by atoms with E-state index in [1.165, 1.54) is 31.2 Å². The maximum absolute atomic E-state index is 13.3. The molecule has 1 saturated carbocycles. The largest absolute Gasteiger partial charge is 0.335 e. The maximum Gasteiger partial charge on any atom is 0.226 e. The Balaban J connectivity index is 1.73. The van der Waals surface area contributed by atoms with Gasteiger partial charge in [-0.25, -0.2) is 0 Å². The Morgan fingerprint density at radius 3 is 2.83 bits per heavy atom. The number of hydrogen-bond acceptors (Lipinski definition) is 3. The van der Waals surface area contributed by atoms with Crippen LogP contribution in [0.4, 0.5) is 0 Å². The van der Waals surface area contributed by atoms with Gasteiger partial charge in [0.15, 0.2) is 0 Å². The predicted molar refractivity (Wildman–Crippen MR) is 101 cm³/mol. The number of nitrogens with zero attached hydrogens (tertiary/aromatic N) is 1. The van der Waals surface area contributed by atoms with Crippen LogP contribution in [0.1, 0.15) is 64.4 Å². The summed E-state index contributed by atoms with van der Waals surface area (Å²) in [6, 6.07) is 2.65. The molecule has 1 amide bonds. The van der Waals surface area contributed by atoms with Crippen molar-refractivity contribution in [3.8, 4) is 0 Å². The van der Waals surface area contributed by atoms with Crippen LogP contribution in [0, 0.1) is 11.3 Å². The van der Waals surface area contributed by atoms with Crippen LogP contribution in [0.25, 0.3) is 0 Å². The van der Waals surface area contributed by atoms with Gasteiger partial charge in [0.1, 0.15) is 0 Å². The molecule has 1 aliphatic carbocycles. The zero-order chi connectivity index (χ0) is 17.0. The van der Waals surface area contributed by atoms with Crippen molar-refractivity contribution in [3.05, 3.63) is 22.4 Å². The van der Waals surface area contributed by atoms with Gasteiger partial charge in [-0.15, -0.1) is 0 Å². The normalized spacial score (nSPS) is 23.2. The number of nitrogens with one attached hydrogen (secondary N) is 1. The number of piperidine rings is 1. The molecule has 1 aromatic heterocycles. The van der Waals surface area contributed by atoms with Gasteiger partial charge >= 0.3 is 0 Å². The summed E-state index contributed by atoms with van der Waals surface area (Å²) in [6.45, 7) is 7.43. The highest BCUT2D eigenvalue weighted by atomic mass is 32.1. The Labute approximate surface area is 150 Å². The van der Waals surface area contributed by atoms with Crippen molar-refractivity contribution in [2.24, 2.45) is 11.3 Å². The Morgan fingerprint density at radius 2 is 2.21 bits per heavy atom. The Morgan fingerprint density at radius 1 is 1.42 bits per heavy atom. The fourth-order valence-corrected chi connectivity index (χ4v) is 5.00. The van der Waals surface area contributed by atoms with Gasteiger partial charge < -0.3 is 10.2 Å². The lowest BCUT2D eigenvalue weighted by atomic mass is 9.92. The van der Waals surface area contributed by atoms with E-state index in [1.54, 1.807) is 11.3 Å². The zero-order valence-electron chi connectivity index (χ0n) is 15.2. The molecule has 2 heterocycles. The number of thiophene rings is 1. The first-order valence-corrected chi connectivity index (χ1v) is 10.7. The van der Waals surface area contributed by atoms with Crippen LogP contribution in [-0.2, 0) is 11.3 Å². The number of hydrogen-bond donors (Lipinski definition) is 1. The third-order valence-electron chi connectivity index (χ3n) is 6.09. The van der Waals surface area contributed by atoms with Crippen LogP contribution in [0.3, 0.4) is 0 Å². The van der Waals surface area contributed by atoms with Gasteiger partial charge in [0, 0.05) is 18.5 Å². The van der Waals surface area contributed by atoms with Gasteiger partial charge in [-0.1, -0.05) is 26.7 Å². The second-order valence-electron chi connectivity index (χ2n) is 7.68. The Hall–Kier alpha value is -0.870. The summed E-state index contributed by atoms with van der Waals surface area (Å²) in [4.78, 5) is 15.6. The highest BCUT2D eigenvalue weighted by Gasteiger charge is 2.58. The quantitative estimate of drug-likeness (QED) is 0.753. The third-order valence-corrected chi connectivity index (χ3v) is 6.82. The molecule has 1 saturated heterocycles. The lowest BCUT2D eigenvalue weighted by Gasteiger charge is -2.32. The highest BCUT2D eigenvalue weighted by Crippen LogP contribution is 2.56. The number of carbonyl (C=O) groups excluding carboxylic acids is 1. The van der Waals surface area contributed by atoms with Gasteiger partial charge in [-0.05, 0) is 73.0 Å². The van der Waals surface area contributed by atoms with Crippen molar-refractivity contribution in [2.75, 3.05) is 13.1 Å². The standard InChI is InChI=1S/C20H32N2OS/c1-3-5-6-17(4-2)19(23)22(14-16-7-12-24-15-16)18-13-20(18)8-10-21-11-9-20/h7,12,15,17-18,21H,3-6,8-11,13-14H2,1-2H3. The van der Waals surface area contributed by atoms with E-state index in [0.717, 1.165) is 38.9 Å². The average Bonchev–Trinajstić information content (AvgIpc) is 3.04. The Bertz CT molecular complexity index is 522. The van der Waals surface area contributed by atoms with Gasteiger partial charge in [-0.3, -0.25) is 4.79 Å². The summed E-state index contributed by atoms with van der Waals surface area (Å²) in [5, 5.41) is 7.80. The van der Waals surface area contributed by atoms with Gasteiger partial charge in [0.25, 0.3) is 0 Å². The van der Waals surface area contributed by atoms with Crippen LogP contribution in [0.2, 0.25) is 0 Å². The van der Waals surface area contributed by atoms with Crippen molar-refractivity contribution >= 4 is 17.2 Å². The third kappa shape index (κ3) is 3.85. The van der Waals surface area contributed by atoms with Gasteiger partial charge in [0.05, 0.1) is 0 Å². The molecule has 24 heavy (non-hydrogen) atoms. The van der Waals surface area contributed by atoms with E-state index >= 15 is 0 Å². The molecule has 1 aromatic rings. The van der Waals surface area contributed by atoms with Crippen molar-refractivity contribution in [1.82, 2.24) is 10.2 Å². The molecular weight excluding hydrogens is 316 g/mol. The molecule has 2 atom stereocenters. The van der Waals surface area contributed by atoms with Crippen molar-refractivity contribution in [2.45, 2.75) is 71.4 Å². The first-order chi connectivity index (χ1) is 11.7. The molecule has 2 aliphatic rings. The maximum atomic E-state index is 13.3. The molecule has 0 radical (unpaired) electrons. The van der Waals surface area contributed by atoms with Crippen LogP contribution < -0.4 is 5.32 Å². The van der Waals surface area contributed by atoms with E-state index in [-0.39, 0.29) is 5.92 Å². The number of carbonyl (C=O) groups is 1. The van der Waals surface area contributed by atoms with E-state index in [2.05, 4.69) is 40.9 Å². The van der Waals surface area contributed by atoms with E-state index in [4.69, 9.17) is 0 Å². The summed E-state index contributed by atoms with van der Waals surface area (Å²) >= 11 is 1.73. The van der Waals surface area contributed by atoms with E-state index in [9.17, 15) is 4.79 Å². The first kappa shape index (κ1) is 17.9. The molecule has 1 aliphatic heterocycles. The lowest BCUT2D eigenvalue weighted by molar-refractivity contribution is -0.138. The Kier molecular flexibility index (Phi) is 5.98. The summed E-state index contributed by atoms with van der Waals surface area (Å²) in [7, 11) is 0. The second-order valence-corrected chi connectivity index (χ2v) is 8.46. The molecule has 134 valence electrons. The molecule has 0 bridgehead atoms. The van der Waals surface area contributed by atoms with E-state index in [0.29, 0.717) is 17.4 Å². The molecule has 1 spiro atoms. The highest BCUT2D eigenvalue weighted by molar-refractivity contribution is 7.07. The molecule has 4 heteroatoms.